The van der Waals surface area contributed by atoms with E-state index in [0.29, 0.717) is 38.8 Å². The Kier molecular flexibility index (Phi) is 15.1. The fraction of sp³-hybridized carbons (Fsp3) is 0.789. The molecule has 0 bridgehead atoms. The molecule has 0 spiro atoms. The Morgan fingerprint density at radius 3 is 1.75 bits per heavy atom. The predicted octanol–water partition coefficient (Wildman–Crippen LogP) is -3.52. The van der Waals surface area contributed by atoms with Crippen molar-refractivity contribution in [3.63, 3.8) is 0 Å². The average Bonchev–Trinajstić information content (AvgIpc) is 2.74. The van der Waals surface area contributed by atoms with E-state index in [1.165, 1.54) is 6.92 Å². The van der Waals surface area contributed by atoms with Gasteiger partial charge in [0.05, 0.1) is 12.7 Å². The van der Waals surface area contributed by atoms with Gasteiger partial charge in [0.25, 0.3) is 0 Å². The zero-order chi connectivity index (χ0) is 24.7. The van der Waals surface area contributed by atoms with Crippen molar-refractivity contribution in [2.24, 2.45) is 17.2 Å². The number of carboxylic acid groups (broad SMARTS) is 1. The molecule has 0 saturated heterocycles. The lowest BCUT2D eigenvalue weighted by molar-refractivity contribution is -0.142. The molecule has 5 unspecified atom stereocenters. The smallest absolute Gasteiger partial charge is 0.326 e. The van der Waals surface area contributed by atoms with Crippen LogP contribution >= 0.6 is 0 Å². The molecule has 0 aliphatic heterocycles. The highest BCUT2D eigenvalue weighted by molar-refractivity contribution is 5.94. The van der Waals surface area contributed by atoms with Crippen molar-refractivity contribution in [2.75, 3.05) is 19.7 Å². The van der Waals surface area contributed by atoms with Gasteiger partial charge < -0.3 is 48.5 Å². The van der Waals surface area contributed by atoms with Crippen LogP contribution in [0.2, 0.25) is 0 Å². The van der Waals surface area contributed by atoms with Gasteiger partial charge in [0.2, 0.25) is 17.7 Å². The van der Waals surface area contributed by atoms with Crippen LogP contribution in [-0.4, -0.2) is 89.0 Å². The maximum absolute atomic E-state index is 12.7. The molecule has 0 aliphatic rings. The van der Waals surface area contributed by atoms with E-state index < -0.39 is 60.6 Å². The topological polar surface area (TPSA) is 243 Å². The third-order valence-electron chi connectivity index (χ3n) is 4.74. The first-order valence-corrected chi connectivity index (χ1v) is 10.7. The number of carbonyl (C=O) groups is 4. The lowest BCUT2D eigenvalue weighted by atomic mass is 10.0. The van der Waals surface area contributed by atoms with Crippen LogP contribution in [0.4, 0.5) is 0 Å². The summed E-state index contributed by atoms with van der Waals surface area (Å²) in [6.07, 6.45) is 1.15. The van der Waals surface area contributed by atoms with Crippen LogP contribution in [0.1, 0.15) is 45.4 Å². The fourth-order valence-corrected chi connectivity index (χ4v) is 2.79. The Bertz CT molecular complexity index is 605. The molecule has 0 aromatic rings. The van der Waals surface area contributed by atoms with E-state index in [4.69, 9.17) is 22.3 Å². The molecule has 0 radical (unpaired) electrons. The molecule has 0 aromatic heterocycles. The molecule has 0 saturated carbocycles. The summed E-state index contributed by atoms with van der Waals surface area (Å²) in [4.78, 5) is 48.8. The van der Waals surface area contributed by atoms with Gasteiger partial charge in [-0.05, 0) is 58.5 Å². The minimum absolute atomic E-state index is 0.167. The quantitative estimate of drug-likeness (QED) is 0.0964. The molecule has 0 aromatic carbocycles. The molecule has 5 atom stereocenters. The molecule has 13 heteroatoms. The summed E-state index contributed by atoms with van der Waals surface area (Å²) in [5, 5.41) is 35.3. The van der Waals surface area contributed by atoms with Gasteiger partial charge in [-0.2, -0.15) is 0 Å². The number of rotatable bonds is 17. The van der Waals surface area contributed by atoms with Gasteiger partial charge in [-0.3, -0.25) is 14.4 Å². The van der Waals surface area contributed by atoms with E-state index in [2.05, 4.69) is 16.0 Å². The van der Waals surface area contributed by atoms with Gasteiger partial charge in [0.1, 0.15) is 24.2 Å². The third kappa shape index (κ3) is 11.3. The van der Waals surface area contributed by atoms with Crippen molar-refractivity contribution < 1.29 is 34.5 Å². The Hall–Kier alpha value is -2.32. The van der Waals surface area contributed by atoms with Crippen LogP contribution in [0.25, 0.3) is 0 Å². The van der Waals surface area contributed by atoms with Crippen LogP contribution < -0.4 is 33.2 Å². The number of carboxylic acids is 1. The second-order valence-electron chi connectivity index (χ2n) is 7.55. The first-order chi connectivity index (χ1) is 15.1. The summed E-state index contributed by atoms with van der Waals surface area (Å²) < 4.78 is 0. The summed E-state index contributed by atoms with van der Waals surface area (Å²) in [5.74, 6) is -3.64. The van der Waals surface area contributed by atoms with Crippen molar-refractivity contribution in [3.05, 3.63) is 0 Å². The molecule has 0 heterocycles. The van der Waals surface area contributed by atoms with Gasteiger partial charge in [-0.25, -0.2) is 4.79 Å². The number of amides is 3. The SMILES string of the molecule is CC(O)C(NC(=O)C(N)CO)C(=O)NC(CCCCN)C(=O)NC(CCCCN)C(=O)O. The molecule has 3 amide bonds. The summed E-state index contributed by atoms with van der Waals surface area (Å²) in [6.45, 7) is 1.36. The largest absolute Gasteiger partial charge is 0.480 e. The number of aliphatic hydroxyl groups excluding tert-OH is 2. The molecule has 13 nitrogen and oxygen atoms in total. The average molecular weight is 463 g/mol. The van der Waals surface area contributed by atoms with Crippen molar-refractivity contribution in [1.82, 2.24) is 16.0 Å². The number of carbonyl (C=O) groups excluding carboxylic acids is 3. The zero-order valence-electron chi connectivity index (χ0n) is 18.5. The van der Waals surface area contributed by atoms with Crippen LogP contribution in [0.5, 0.6) is 0 Å². The van der Waals surface area contributed by atoms with E-state index in [0.717, 1.165) is 0 Å². The van der Waals surface area contributed by atoms with Gasteiger partial charge in [-0.15, -0.1) is 0 Å². The maximum Gasteiger partial charge on any atom is 0.326 e. The van der Waals surface area contributed by atoms with E-state index in [-0.39, 0.29) is 12.8 Å². The van der Waals surface area contributed by atoms with Crippen LogP contribution in [-0.2, 0) is 19.2 Å². The minimum atomic E-state index is -1.44. The number of unbranched alkanes of at least 4 members (excludes halogenated alkanes) is 2. The lowest BCUT2D eigenvalue weighted by Gasteiger charge is -2.26. The van der Waals surface area contributed by atoms with Crippen molar-refractivity contribution in [2.45, 2.75) is 75.7 Å². The molecule has 0 aliphatic carbocycles. The van der Waals surface area contributed by atoms with Crippen molar-refractivity contribution in [1.29, 1.82) is 0 Å². The molecular formula is C19H38N6O7. The third-order valence-corrected chi connectivity index (χ3v) is 4.74. The van der Waals surface area contributed by atoms with E-state index in [1.54, 1.807) is 0 Å². The van der Waals surface area contributed by atoms with Gasteiger partial charge in [0, 0.05) is 0 Å². The molecular weight excluding hydrogens is 424 g/mol. The highest BCUT2D eigenvalue weighted by atomic mass is 16.4. The highest BCUT2D eigenvalue weighted by Gasteiger charge is 2.32. The van der Waals surface area contributed by atoms with Crippen molar-refractivity contribution >= 4 is 23.7 Å². The Balaban J connectivity index is 5.35. The predicted molar refractivity (Wildman–Crippen MR) is 116 cm³/mol. The van der Waals surface area contributed by atoms with Crippen LogP contribution in [0.15, 0.2) is 0 Å². The van der Waals surface area contributed by atoms with Crippen molar-refractivity contribution in [3.8, 4) is 0 Å². The number of nitrogens with one attached hydrogen (secondary N) is 3. The molecule has 0 fully saturated rings. The zero-order valence-corrected chi connectivity index (χ0v) is 18.5. The molecule has 32 heavy (non-hydrogen) atoms. The van der Waals surface area contributed by atoms with Crippen LogP contribution in [0, 0.1) is 0 Å². The molecule has 186 valence electrons. The Morgan fingerprint density at radius 1 is 0.812 bits per heavy atom. The number of hydrogen-bond donors (Lipinski definition) is 9. The Morgan fingerprint density at radius 2 is 1.31 bits per heavy atom. The fourth-order valence-electron chi connectivity index (χ4n) is 2.79. The number of hydrogen-bond acceptors (Lipinski definition) is 9. The Labute approximate surface area is 187 Å². The highest BCUT2D eigenvalue weighted by Crippen LogP contribution is 2.06. The van der Waals surface area contributed by atoms with E-state index >= 15 is 0 Å². The first kappa shape index (κ1) is 29.7. The minimum Gasteiger partial charge on any atom is -0.480 e. The number of nitrogens with two attached hydrogens (primary N) is 3. The monoisotopic (exact) mass is 462 g/mol. The number of aliphatic carboxylic acids is 1. The van der Waals surface area contributed by atoms with Crippen LogP contribution in [0.3, 0.4) is 0 Å². The lowest BCUT2D eigenvalue weighted by Crippen LogP contribution is -2.60. The normalized spacial score (nSPS) is 15.7. The maximum atomic E-state index is 12.7. The summed E-state index contributed by atoms with van der Waals surface area (Å²) in [5.41, 5.74) is 16.3. The summed E-state index contributed by atoms with van der Waals surface area (Å²) >= 11 is 0. The number of aliphatic hydroxyl groups is 2. The second-order valence-corrected chi connectivity index (χ2v) is 7.55. The first-order valence-electron chi connectivity index (χ1n) is 10.7. The van der Waals surface area contributed by atoms with Gasteiger partial charge in [0.15, 0.2) is 0 Å². The van der Waals surface area contributed by atoms with E-state index in [9.17, 15) is 29.4 Å². The standard InChI is InChI=1S/C19H38N6O7/c1-11(27)15(25-16(28)12(22)10-26)18(30)23-13(6-2-4-8-20)17(29)24-14(19(31)32)7-3-5-9-21/h11-15,26-27H,2-10,20-22H2,1H3,(H,23,30)(H,24,29)(H,25,28)(H,31,32). The van der Waals surface area contributed by atoms with E-state index in [1.807, 2.05) is 0 Å². The van der Waals surface area contributed by atoms with Gasteiger partial charge >= 0.3 is 5.97 Å². The molecule has 0 rings (SSSR count). The second kappa shape index (κ2) is 16.3. The molecule has 12 N–H and O–H groups in total. The van der Waals surface area contributed by atoms with Gasteiger partial charge in [-0.1, -0.05) is 0 Å². The summed E-state index contributed by atoms with van der Waals surface area (Å²) in [6, 6.07) is -5.00. The summed E-state index contributed by atoms with van der Waals surface area (Å²) in [7, 11) is 0.